The molecule has 0 radical (unpaired) electrons. The second-order valence-corrected chi connectivity index (χ2v) is 6.43. The number of carbonyl (C=O) groups is 1. The minimum Gasteiger partial charge on any atom is -0.377 e. The summed E-state index contributed by atoms with van der Waals surface area (Å²) in [5.74, 6) is 0.799. The lowest BCUT2D eigenvalue weighted by molar-refractivity contribution is -0.115. The Morgan fingerprint density at radius 3 is 2.52 bits per heavy atom. The van der Waals surface area contributed by atoms with Crippen molar-refractivity contribution in [2.24, 2.45) is 5.92 Å². The molecular weight excluding hydrogens is 280 g/mol. The van der Waals surface area contributed by atoms with Gasteiger partial charge < -0.3 is 10.6 Å². The molecule has 0 bridgehead atoms. The van der Waals surface area contributed by atoms with Crippen molar-refractivity contribution in [3.63, 3.8) is 0 Å². The van der Waals surface area contributed by atoms with E-state index < -0.39 is 0 Å². The number of rotatable bonds is 6. The van der Waals surface area contributed by atoms with Gasteiger partial charge in [-0.2, -0.15) is 0 Å². The summed E-state index contributed by atoms with van der Waals surface area (Å²) in [7, 11) is 0. The molecule has 1 aromatic heterocycles. The normalized spacial score (nSPS) is 15.5. The Bertz CT molecular complexity index is 588. The SMILES string of the molecule is CCC(=O)Nc1ccc(NC(c2cccs2)C2CC2)cc1. The van der Waals surface area contributed by atoms with Crippen LogP contribution in [-0.2, 0) is 4.79 Å². The second kappa shape index (κ2) is 6.31. The zero-order valence-corrected chi connectivity index (χ0v) is 13.0. The minimum atomic E-state index is 0.0464. The Kier molecular flexibility index (Phi) is 4.25. The van der Waals surface area contributed by atoms with Gasteiger partial charge in [-0.05, 0) is 54.5 Å². The molecule has 0 aliphatic heterocycles. The Labute approximate surface area is 129 Å². The van der Waals surface area contributed by atoms with Gasteiger partial charge in [-0.15, -0.1) is 11.3 Å². The first-order valence-corrected chi connectivity index (χ1v) is 8.34. The van der Waals surface area contributed by atoms with Crippen LogP contribution >= 0.6 is 11.3 Å². The van der Waals surface area contributed by atoms with Crippen molar-refractivity contribution >= 4 is 28.6 Å². The summed E-state index contributed by atoms with van der Waals surface area (Å²) in [6.07, 6.45) is 3.11. The number of thiophene rings is 1. The third-order valence-corrected chi connectivity index (χ3v) is 4.71. The molecule has 21 heavy (non-hydrogen) atoms. The van der Waals surface area contributed by atoms with E-state index >= 15 is 0 Å². The highest BCUT2D eigenvalue weighted by atomic mass is 32.1. The Morgan fingerprint density at radius 2 is 1.95 bits per heavy atom. The van der Waals surface area contributed by atoms with Crippen LogP contribution in [0.3, 0.4) is 0 Å². The van der Waals surface area contributed by atoms with Crippen molar-refractivity contribution in [2.45, 2.75) is 32.2 Å². The maximum absolute atomic E-state index is 11.4. The van der Waals surface area contributed by atoms with Gasteiger partial charge in [0.05, 0.1) is 6.04 Å². The quantitative estimate of drug-likeness (QED) is 0.814. The van der Waals surface area contributed by atoms with Crippen LogP contribution in [0, 0.1) is 5.92 Å². The minimum absolute atomic E-state index is 0.0464. The highest BCUT2D eigenvalue weighted by molar-refractivity contribution is 7.10. The molecule has 2 aromatic rings. The number of amides is 1. The van der Waals surface area contributed by atoms with E-state index in [0.29, 0.717) is 12.5 Å². The van der Waals surface area contributed by atoms with E-state index in [4.69, 9.17) is 0 Å². The maximum Gasteiger partial charge on any atom is 0.224 e. The summed E-state index contributed by atoms with van der Waals surface area (Å²) in [6.45, 7) is 1.85. The fraction of sp³-hybridized carbons (Fsp3) is 0.353. The van der Waals surface area contributed by atoms with Gasteiger partial charge in [0, 0.05) is 22.7 Å². The molecule has 1 aromatic carbocycles. The maximum atomic E-state index is 11.4. The van der Waals surface area contributed by atoms with Crippen LogP contribution in [0.15, 0.2) is 41.8 Å². The third kappa shape index (κ3) is 3.64. The van der Waals surface area contributed by atoms with Crippen molar-refractivity contribution in [3.8, 4) is 0 Å². The first-order valence-electron chi connectivity index (χ1n) is 7.46. The predicted molar refractivity (Wildman–Crippen MR) is 88.8 cm³/mol. The zero-order valence-electron chi connectivity index (χ0n) is 12.1. The molecular formula is C17H20N2OS. The van der Waals surface area contributed by atoms with Gasteiger partial charge in [0.25, 0.3) is 0 Å². The van der Waals surface area contributed by atoms with E-state index in [1.807, 2.05) is 42.5 Å². The average molecular weight is 300 g/mol. The van der Waals surface area contributed by atoms with Crippen molar-refractivity contribution in [1.29, 1.82) is 0 Å². The van der Waals surface area contributed by atoms with E-state index in [2.05, 4.69) is 28.1 Å². The fourth-order valence-corrected chi connectivity index (χ4v) is 3.27. The van der Waals surface area contributed by atoms with Crippen LogP contribution in [0.25, 0.3) is 0 Å². The molecule has 2 N–H and O–H groups in total. The van der Waals surface area contributed by atoms with Crippen LogP contribution in [0.2, 0.25) is 0 Å². The summed E-state index contributed by atoms with van der Waals surface area (Å²) in [4.78, 5) is 12.8. The first kappa shape index (κ1) is 14.1. The Balaban J connectivity index is 1.67. The molecule has 1 saturated carbocycles. The van der Waals surface area contributed by atoms with Crippen LogP contribution in [0.1, 0.15) is 37.1 Å². The molecule has 1 amide bonds. The lowest BCUT2D eigenvalue weighted by Crippen LogP contribution is -2.12. The smallest absolute Gasteiger partial charge is 0.224 e. The van der Waals surface area contributed by atoms with Crippen LogP contribution in [0.5, 0.6) is 0 Å². The summed E-state index contributed by atoms with van der Waals surface area (Å²) in [5.41, 5.74) is 1.96. The number of hydrogen-bond donors (Lipinski definition) is 2. The van der Waals surface area contributed by atoms with E-state index in [9.17, 15) is 4.79 Å². The molecule has 3 nitrogen and oxygen atoms in total. The second-order valence-electron chi connectivity index (χ2n) is 5.45. The number of nitrogens with one attached hydrogen (secondary N) is 2. The van der Waals surface area contributed by atoms with Crippen LogP contribution < -0.4 is 10.6 Å². The van der Waals surface area contributed by atoms with Crippen molar-refractivity contribution in [2.75, 3.05) is 10.6 Å². The predicted octanol–water partition coefficient (Wildman–Crippen LogP) is 4.66. The fourth-order valence-electron chi connectivity index (χ4n) is 2.40. The molecule has 1 atom stereocenters. The molecule has 1 unspecified atom stereocenters. The topological polar surface area (TPSA) is 41.1 Å². The number of benzene rings is 1. The molecule has 110 valence electrons. The lowest BCUT2D eigenvalue weighted by atomic mass is 10.1. The highest BCUT2D eigenvalue weighted by Gasteiger charge is 2.32. The van der Waals surface area contributed by atoms with Gasteiger partial charge in [-0.25, -0.2) is 0 Å². The van der Waals surface area contributed by atoms with E-state index in [-0.39, 0.29) is 5.91 Å². The molecule has 3 rings (SSSR count). The van der Waals surface area contributed by atoms with Crippen molar-refractivity contribution < 1.29 is 4.79 Å². The van der Waals surface area contributed by atoms with Crippen LogP contribution in [0.4, 0.5) is 11.4 Å². The third-order valence-electron chi connectivity index (χ3n) is 3.76. The Hall–Kier alpha value is -1.81. The molecule has 4 heteroatoms. The molecule has 1 heterocycles. The van der Waals surface area contributed by atoms with Gasteiger partial charge in [0.1, 0.15) is 0 Å². The summed E-state index contributed by atoms with van der Waals surface area (Å²) < 4.78 is 0. The summed E-state index contributed by atoms with van der Waals surface area (Å²) in [5, 5.41) is 8.64. The molecule has 0 saturated heterocycles. The summed E-state index contributed by atoms with van der Waals surface area (Å²) in [6, 6.07) is 12.7. The standard InChI is InChI=1S/C17H20N2OS/c1-2-16(20)18-13-7-9-14(10-8-13)19-17(12-5-6-12)15-4-3-11-21-15/h3-4,7-12,17,19H,2,5-6H2,1H3,(H,18,20). The summed E-state index contributed by atoms with van der Waals surface area (Å²) >= 11 is 1.81. The number of anilines is 2. The van der Waals surface area contributed by atoms with Gasteiger partial charge in [-0.1, -0.05) is 13.0 Å². The lowest BCUT2D eigenvalue weighted by Gasteiger charge is -2.18. The highest BCUT2D eigenvalue weighted by Crippen LogP contribution is 2.44. The zero-order chi connectivity index (χ0) is 14.7. The number of hydrogen-bond acceptors (Lipinski definition) is 3. The van der Waals surface area contributed by atoms with Crippen molar-refractivity contribution in [3.05, 3.63) is 46.7 Å². The average Bonchev–Trinajstić information content (AvgIpc) is 3.20. The Morgan fingerprint density at radius 1 is 1.24 bits per heavy atom. The molecule has 1 aliphatic rings. The van der Waals surface area contributed by atoms with E-state index in [0.717, 1.165) is 17.3 Å². The van der Waals surface area contributed by atoms with Gasteiger partial charge in [0.15, 0.2) is 0 Å². The van der Waals surface area contributed by atoms with Gasteiger partial charge >= 0.3 is 0 Å². The van der Waals surface area contributed by atoms with Crippen LogP contribution in [-0.4, -0.2) is 5.91 Å². The largest absolute Gasteiger partial charge is 0.377 e. The van der Waals surface area contributed by atoms with Gasteiger partial charge in [-0.3, -0.25) is 4.79 Å². The first-order chi connectivity index (χ1) is 10.3. The van der Waals surface area contributed by atoms with E-state index in [1.165, 1.54) is 17.7 Å². The monoisotopic (exact) mass is 300 g/mol. The molecule has 1 fully saturated rings. The van der Waals surface area contributed by atoms with E-state index in [1.54, 1.807) is 0 Å². The number of carbonyl (C=O) groups excluding carboxylic acids is 1. The van der Waals surface area contributed by atoms with Gasteiger partial charge in [0.2, 0.25) is 5.91 Å². The molecule has 0 spiro atoms. The molecule has 1 aliphatic carbocycles. The van der Waals surface area contributed by atoms with Crippen molar-refractivity contribution in [1.82, 2.24) is 0 Å².